The minimum Gasteiger partial charge on any atom is -0.479 e. The van der Waals surface area contributed by atoms with Gasteiger partial charge in [-0.1, -0.05) is 6.92 Å². The normalized spacial score (nSPS) is 34.5. The Bertz CT molecular complexity index is 192. The van der Waals surface area contributed by atoms with Crippen molar-refractivity contribution in [3.05, 3.63) is 0 Å². The fraction of sp³-hybridized carbons (Fsp3) is 0.889. The van der Waals surface area contributed by atoms with Crippen LogP contribution in [0, 0.1) is 0 Å². The van der Waals surface area contributed by atoms with Crippen LogP contribution in [0.5, 0.6) is 0 Å². The lowest BCUT2D eigenvalue weighted by atomic mass is 9.89. The van der Waals surface area contributed by atoms with Crippen LogP contribution in [0.3, 0.4) is 0 Å². The second kappa shape index (κ2) is 4.07. The number of rotatable bonds is 3. The molecule has 4 heteroatoms. The lowest BCUT2D eigenvalue weighted by Crippen LogP contribution is -2.48. The van der Waals surface area contributed by atoms with E-state index in [0.717, 1.165) is 6.42 Å². The highest BCUT2D eigenvalue weighted by atomic mass is 16.5. The summed E-state index contributed by atoms with van der Waals surface area (Å²) in [6.45, 7) is 2.46. The second-order valence-corrected chi connectivity index (χ2v) is 3.36. The zero-order valence-electron chi connectivity index (χ0n) is 8.08. The van der Waals surface area contributed by atoms with Crippen LogP contribution in [-0.2, 0) is 14.3 Å². The summed E-state index contributed by atoms with van der Waals surface area (Å²) < 4.78 is 10.5. The van der Waals surface area contributed by atoms with Gasteiger partial charge in [0.1, 0.15) is 0 Å². The fourth-order valence-corrected chi connectivity index (χ4v) is 1.65. The van der Waals surface area contributed by atoms with Crippen LogP contribution in [0.1, 0.15) is 26.2 Å². The van der Waals surface area contributed by atoms with Crippen molar-refractivity contribution in [2.24, 2.45) is 0 Å². The van der Waals surface area contributed by atoms with Crippen LogP contribution in [0.15, 0.2) is 0 Å². The lowest BCUT2D eigenvalue weighted by Gasteiger charge is -2.36. The Hall–Kier alpha value is -0.610. The van der Waals surface area contributed by atoms with Gasteiger partial charge in [-0.05, 0) is 6.42 Å². The third-order valence-corrected chi connectivity index (χ3v) is 2.65. The summed E-state index contributed by atoms with van der Waals surface area (Å²) in [5.74, 6) is -0.878. The highest BCUT2D eigenvalue weighted by Crippen LogP contribution is 2.29. The molecule has 0 aromatic rings. The molecule has 1 N–H and O–H groups in total. The van der Waals surface area contributed by atoms with Crippen LogP contribution in [0.2, 0.25) is 0 Å². The van der Waals surface area contributed by atoms with E-state index in [-0.39, 0.29) is 6.10 Å². The topological polar surface area (TPSA) is 55.8 Å². The Morgan fingerprint density at radius 2 is 2.46 bits per heavy atom. The van der Waals surface area contributed by atoms with Crippen molar-refractivity contribution in [1.29, 1.82) is 0 Å². The Balaban J connectivity index is 2.69. The minimum absolute atomic E-state index is 0.0183. The second-order valence-electron chi connectivity index (χ2n) is 3.36. The average molecular weight is 188 g/mol. The molecule has 0 aromatic carbocycles. The van der Waals surface area contributed by atoms with Crippen LogP contribution >= 0.6 is 0 Å². The molecule has 76 valence electrons. The Morgan fingerprint density at radius 1 is 1.77 bits per heavy atom. The molecule has 0 spiro atoms. The largest absolute Gasteiger partial charge is 0.479 e. The Labute approximate surface area is 77.8 Å². The standard InChI is InChI=1S/C9H16O4/c1-3-7-6-9(12-2,8(10)11)4-5-13-7/h7H,3-6H2,1-2H3,(H,10,11). The predicted octanol–water partition coefficient (Wildman–Crippen LogP) is 1.05. The van der Waals surface area contributed by atoms with Gasteiger partial charge in [-0.25, -0.2) is 4.79 Å². The van der Waals surface area contributed by atoms with E-state index in [4.69, 9.17) is 14.6 Å². The summed E-state index contributed by atoms with van der Waals surface area (Å²) in [5, 5.41) is 9.02. The molecule has 2 unspecified atom stereocenters. The van der Waals surface area contributed by atoms with Crippen LogP contribution in [0.25, 0.3) is 0 Å². The van der Waals surface area contributed by atoms with Crippen molar-refractivity contribution in [1.82, 2.24) is 0 Å². The molecule has 0 aromatic heterocycles. The average Bonchev–Trinajstić information content (AvgIpc) is 2.17. The van der Waals surface area contributed by atoms with Crippen molar-refractivity contribution in [3.63, 3.8) is 0 Å². The van der Waals surface area contributed by atoms with Gasteiger partial charge in [0.25, 0.3) is 0 Å². The molecule has 1 rings (SSSR count). The molecule has 0 aliphatic carbocycles. The summed E-state index contributed by atoms with van der Waals surface area (Å²) in [6, 6.07) is 0. The van der Waals surface area contributed by atoms with Gasteiger partial charge in [0.2, 0.25) is 0 Å². The smallest absolute Gasteiger partial charge is 0.336 e. The number of hydrogen-bond acceptors (Lipinski definition) is 3. The first kappa shape index (κ1) is 10.5. The SMILES string of the molecule is CCC1CC(OC)(C(=O)O)CCO1. The molecule has 0 radical (unpaired) electrons. The quantitative estimate of drug-likeness (QED) is 0.719. The van der Waals surface area contributed by atoms with Crippen molar-refractivity contribution < 1.29 is 19.4 Å². The molecule has 4 nitrogen and oxygen atoms in total. The molecule has 1 saturated heterocycles. The first-order chi connectivity index (χ1) is 6.14. The minimum atomic E-state index is -1.01. The van der Waals surface area contributed by atoms with E-state index in [2.05, 4.69) is 0 Å². The highest BCUT2D eigenvalue weighted by Gasteiger charge is 2.43. The molecule has 1 heterocycles. The monoisotopic (exact) mass is 188 g/mol. The van der Waals surface area contributed by atoms with E-state index in [9.17, 15) is 4.79 Å². The fourth-order valence-electron chi connectivity index (χ4n) is 1.65. The maximum absolute atomic E-state index is 11.0. The third-order valence-electron chi connectivity index (χ3n) is 2.65. The maximum atomic E-state index is 11.0. The van der Waals surface area contributed by atoms with E-state index >= 15 is 0 Å². The summed E-state index contributed by atoms with van der Waals surface area (Å²) in [4.78, 5) is 11.0. The summed E-state index contributed by atoms with van der Waals surface area (Å²) in [7, 11) is 1.45. The van der Waals surface area contributed by atoms with E-state index in [0.29, 0.717) is 19.4 Å². The summed E-state index contributed by atoms with van der Waals surface area (Å²) >= 11 is 0. The molecule has 1 fully saturated rings. The van der Waals surface area contributed by atoms with Crippen molar-refractivity contribution >= 4 is 5.97 Å². The summed E-state index contributed by atoms with van der Waals surface area (Å²) in [6.07, 6.45) is 1.74. The Morgan fingerprint density at radius 3 is 2.92 bits per heavy atom. The zero-order valence-corrected chi connectivity index (χ0v) is 8.08. The molecule has 1 aliphatic rings. The van der Waals surface area contributed by atoms with Crippen molar-refractivity contribution in [2.75, 3.05) is 13.7 Å². The van der Waals surface area contributed by atoms with Gasteiger partial charge in [0.05, 0.1) is 12.7 Å². The lowest BCUT2D eigenvalue weighted by molar-refractivity contribution is -0.180. The molecular weight excluding hydrogens is 172 g/mol. The van der Waals surface area contributed by atoms with E-state index in [1.54, 1.807) is 0 Å². The molecule has 13 heavy (non-hydrogen) atoms. The number of aliphatic carboxylic acids is 1. The van der Waals surface area contributed by atoms with Crippen LogP contribution in [0.4, 0.5) is 0 Å². The van der Waals surface area contributed by atoms with Gasteiger partial charge in [-0.3, -0.25) is 0 Å². The number of carboxylic acids is 1. The van der Waals surface area contributed by atoms with Crippen LogP contribution < -0.4 is 0 Å². The molecule has 2 atom stereocenters. The van der Waals surface area contributed by atoms with E-state index in [1.165, 1.54) is 7.11 Å². The third kappa shape index (κ3) is 2.00. The number of hydrogen-bond donors (Lipinski definition) is 1. The first-order valence-corrected chi connectivity index (χ1v) is 4.55. The maximum Gasteiger partial charge on any atom is 0.336 e. The Kier molecular flexibility index (Phi) is 3.27. The first-order valence-electron chi connectivity index (χ1n) is 4.55. The number of carbonyl (C=O) groups is 1. The van der Waals surface area contributed by atoms with E-state index in [1.807, 2.05) is 6.92 Å². The number of carboxylic acid groups (broad SMARTS) is 1. The zero-order chi connectivity index (χ0) is 9.90. The summed E-state index contributed by atoms with van der Waals surface area (Å²) in [5.41, 5.74) is -1.01. The van der Waals surface area contributed by atoms with Gasteiger partial charge in [-0.2, -0.15) is 0 Å². The van der Waals surface area contributed by atoms with Crippen LogP contribution in [-0.4, -0.2) is 36.5 Å². The van der Waals surface area contributed by atoms with Gasteiger partial charge in [0.15, 0.2) is 5.60 Å². The van der Waals surface area contributed by atoms with Gasteiger partial charge < -0.3 is 14.6 Å². The molecule has 0 bridgehead atoms. The predicted molar refractivity (Wildman–Crippen MR) is 46.6 cm³/mol. The van der Waals surface area contributed by atoms with Gasteiger partial charge >= 0.3 is 5.97 Å². The van der Waals surface area contributed by atoms with Crippen molar-refractivity contribution in [3.8, 4) is 0 Å². The van der Waals surface area contributed by atoms with Gasteiger partial charge in [0, 0.05) is 20.0 Å². The molecule has 0 saturated carbocycles. The van der Waals surface area contributed by atoms with Crippen molar-refractivity contribution in [2.45, 2.75) is 37.9 Å². The molecule has 0 amide bonds. The van der Waals surface area contributed by atoms with E-state index < -0.39 is 11.6 Å². The number of ether oxygens (including phenoxy) is 2. The van der Waals surface area contributed by atoms with Gasteiger partial charge in [-0.15, -0.1) is 0 Å². The highest BCUT2D eigenvalue weighted by molar-refractivity contribution is 5.77. The molecular formula is C9H16O4. The number of methoxy groups -OCH3 is 1. The molecule has 1 aliphatic heterocycles.